The van der Waals surface area contributed by atoms with Gasteiger partial charge in [0, 0.05) is 11.8 Å². The molecule has 0 aliphatic carbocycles. The molecule has 7 nitrogen and oxygen atoms in total. The molecule has 0 amide bonds. The Morgan fingerprint density at radius 1 is 1.19 bits per heavy atom. The molecule has 11 heteroatoms. The van der Waals surface area contributed by atoms with Crippen molar-refractivity contribution >= 4 is 39.0 Å². The zero-order valence-corrected chi connectivity index (χ0v) is 17.5. The molecule has 0 atom stereocenters. The summed E-state index contributed by atoms with van der Waals surface area (Å²) in [5.74, 6) is -0.543. The number of thiophene rings is 1. The smallest absolute Gasteiger partial charge is 0.459 e. The summed E-state index contributed by atoms with van der Waals surface area (Å²) in [5.41, 5.74) is 1.09. The number of ether oxygens (including phenoxy) is 1. The zero-order valence-electron chi connectivity index (χ0n) is 16.7. The van der Waals surface area contributed by atoms with Crippen molar-refractivity contribution in [1.29, 1.82) is 0 Å². The van der Waals surface area contributed by atoms with Gasteiger partial charge < -0.3 is 19.8 Å². The fraction of sp³-hybridized carbons (Fsp3) is 0.190. The van der Waals surface area contributed by atoms with Crippen molar-refractivity contribution in [3.8, 4) is 16.4 Å². The highest BCUT2D eigenvalue weighted by molar-refractivity contribution is 7.22. The van der Waals surface area contributed by atoms with Crippen molar-refractivity contribution in [3.05, 3.63) is 54.6 Å². The number of benzene rings is 1. The molecule has 0 aliphatic heterocycles. The Morgan fingerprint density at radius 2 is 2.03 bits per heavy atom. The predicted molar refractivity (Wildman–Crippen MR) is 114 cm³/mol. The van der Waals surface area contributed by atoms with Crippen LogP contribution in [0.2, 0.25) is 0 Å². The van der Waals surface area contributed by atoms with Crippen molar-refractivity contribution in [2.45, 2.75) is 19.6 Å². The Balaban J connectivity index is 1.57. The number of carbonyl (C=O) groups is 1. The quantitative estimate of drug-likeness (QED) is 0.286. The summed E-state index contributed by atoms with van der Waals surface area (Å²) in [6.07, 6.45) is -3.69. The molecule has 0 saturated heterocycles. The third kappa shape index (κ3) is 4.89. The number of aromatic nitrogens is 2. The highest BCUT2D eigenvalue weighted by Crippen LogP contribution is 2.37. The number of halogens is 3. The predicted octanol–water partition coefficient (Wildman–Crippen LogP) is 5.27. The lowest BCUT2D eigenvalue weighted by Crippen LogP contribution is -2.27. The van der Waals surface area contributed by atoms with Gasteiger partial charge in [0.05, 0.1) is 21.6 Å². The van der Waals surface area contributed by atoms with E-state index in [2.05, 4.69) is 25.3 Å². The number of hydrogen-bond acceptors (Lipinski definition) is 8. The van der Waals surface area contributed by atoms with Gasteiger partial charge in [-0.15, -0.1) is 11.3 Å². The third-order valence-corrected chi connectivity index (χ3v) is 5.45. The normalized spacial score (nSPS) is 11.6. The van der Waals surface area contributed by atoms with Crippen LogP contribution in [0.1, 0.15) is 12.7 Å². The summed E-state index contributed by atoms with van der Waals surface area (Å²) in [5, 5.41) is 6.24. The number of hydrogen-bond donors (Lipinski definition) is 2. The summed E-state index contributed by atoms with van der Waals surface area (Å²) in [6.45, 7) is 3.47. The fourth-order valence-electron chi connectivity index (χ4n) is 2.86. The van der Waals surface area contributed by atoms with Crippen molar-refractivity contribution in [3.63, 3.8) is 0 Å². The number of rotatable bonds is 7. The molecule has 0 radical (unpaired) electrons. The number of fused-ring (bicyclic) bond motifs is 1. The number of furan rings is 1. The molecular formula is C21H17F3N4O3S. The van der Waals surface area contributed by atoms with Crippen LogP contribution in [0.15, 0.2) is 53.2 Å². The van der Waals surface area contributed by atoms with Crippen LogP contribution in [0.25, 0.3) is 20.9 Å². The van der Waals surface area contributed by atoms with Crippen molar-refractivity contribution < 1.29 is 27.1 Å². The second-order valence-electron chi connectivity index (χ2n) is 6.63. The van der Waals surface area contributed by atoms with E-state index >= 15 is 0 Å². The van der Waals surface area contributed by atoms with Crippen molar-refractivity contribution in [1.82, 2.24) is 15.3 Å². The largest absolute Gasteiger partial charge is 0.491 e. The lowest BCUT2D eigenvalue weighted by Gasteiger charge is -2.10. The van der Waals surface area contributed by atoms with Gasteiger partial charge in [0.25, 0.3) is 0 Å². The highest BCUT2D eigenvalue weighted by atomic mass is 32.1. The zero-order chi connectivity index (χ0) is 22.7. The van der Waals surface area contributed by atoms with Crippen LogP contribution in [-0.2, 0) is 11.3 Å². The maximum absolute atomic E-state index is 12.4. The van der Waals surface area contributed by atoms with Crippen LogP contribution < -0.4 is 15.4 Å². The maximum atomic E-state index is 12.4. The van der Waals surface area contributed by atoms with Crippen LogP contribution in [0.5, 0.6) is 5.75 Å². The van der Waals surface area contributed by atoms with Crippen LogP contribution >= 0.6 is 11.3 Å². The Hall–Kier alpha value is -3.44. The van der Waals surface area contributed by atoms with E-state index in [0.717, 1.165) is 21.9 Å². The molecule has 0 bridgehead atoms. The Bertz CT molecular complexity index is 1250. The average molecular weight is 462 g/mol. The van der Waals surface area contributed by atoms with Gasteiger partial charge in [0.2, 0.25) is 0 Å². The van der Waals surface area contributed by atoms with Gasteiger partial charge in [-0.1, -0.05) is 13.0 Å². The number of carbonyl (C=O) groups excluding carboxylic acids is 1. The van der Waals surface area contributed by atoms with Crippen molar-refractivity contribution in [2.24, 2.45) is 0 Å². The standard InChI is InChI=1S/C21H17F3N4O3S/c1-2-25-10-14-6-7-16(30-14)17-9-15-18(32-17)19(27-11-26-15)28-12-4-3-5-13(8-12)31-20(29)21(22,23)24/h3-9,11,25H,2,10H2,1H3,(H,26,27,28). The summed E-state index contributed by atoms with van der Waals surface area (Å²) in [7, 11) is 0. The minimum Gasteiger partial charge on any atom is -0.459 e. The van der Waals surface area contributed by atoms with E-state index in [4.69, 9.17) is 4.42 Å². The van der Waals surface area contributed by atoms with Crippen LogP contribution in [0.4, 0.5) is 24.7 Å². The molecule has 0 fully saturated rings. The van der Waals surface area contributed by atoms with Crippen LogP contribution in [-0.4, -0.2) is 28.7 Å². The summed E-state index contributed by atoms with van der Waals surface area (Å²) < 4.78 is 48.3. The average Bonchev–Trinajstić information content (AvgIpc) is 3.39. The molecule has 0 spiro atoms. The second kappa shape index (κ2) is 8.97. The summed E-state index contributed by atoms with van der Waals surface area (Å²) in [4.78, 5) is 20.5. The SMILES string of the molecule is CCNCc1ccc(-c2cc3ncnc(Nc4cccc(OC(=O)C(F)(F)F)c4)c3s2)o1. The third-order valence-electron chi connectivity index (χ3n) is 4.30. The van der Waals surface area contributed by atoms with Gasteiger partial charge >= 0.3 is 12.1 Å². The minimum absolute atomic E-state index is 0.238. The van der Waals surface area contributed by atoms with Gasteiger partial charge in [0.15, 0.2) is 5.82 Å². The maximum Gasteiger partial charge on any atom is 0.491 e. The summed E-state index contributed by atoms with van der Waals surface area (Å²) in [6, 6.07) is 11.3. The molecule has 166 valence electrons. The minimum atomic E-state index is -5.08. The second-order valence-corrected chi connectivity index (χ2v) is 7.69. The summed E-state index contributed by atoms with van der Waals surface area (Å²) >= 11 is 1.42. The van der Waals surface area contributed by atoms with E-state index < -0.39 is 12.1 Å². The first-order chi connectivity index (χ1) is 15.3. The van der Waals surface area contributed by atoms with Crippen LogP contribution in [0.3, 0.4) is 0 Å². The molecule has 3 aromatic heterocycles. The highest BCUT2D eigenvalue weighted by Gasteiger charge is 2.41. The first kappa shape index (κ1) is 21.8. The first-order valence-electron chi connectivity index (χ1n) is 9.54. The molecule has 0 unspecified atom stereocenters. The van der Waals surface area contributed by atoms with E-state index in [9.17, 15) is 18.0 Å². The number of alkyl halides is 3. The lowest BCUT2D eigenvalue weighted by molar-refractivity contribution is -0.189. The van der Waals surface area contributed by atoms with E-state index in [1.54, 1.807) is 6.07 Å². The van der Waals surface area contributed by atoms with Gasteiger partial charge in [-0.2, -0.15) is 13.2 Å². The number of nitrogens with one attached hydrogen (secondary N) is 2. The monoisotopic (exact) mass is 462 g/mol. The number of anilines is 2. The molecule has 0 saturated carbocycles. The molecule has 1 aromatic carbocycles. The van der Waals surface area contributed by atoms with Crippen molar-refractivity contribution in [2.75, 3.05) is 11.9 Å². The Kier molecular flexibility index (Phi) is 6.10. The van der Waals surface area contributed by atoms with Gasteiger partial charge in [-0.25, -0.2) is 14.8 Å². The first-order valence-corrected chi connectivity index (χ1v) is 10.4. The van der Waals surface area contributed by atoms with E-state index in [1.807, 2.05) is 25.1 Å². The fourth-order valence-corrected chi connectivity index (χ4v) is 3.87. The molecule has 2 N–H and O–H groups in total. The molecule has 4 rings (SSSR count). The van der Waals surface area contributed by atoms with Gasteiger partial charge in [0.1, 0.15) is 23.6 Å². The van der Waals surface area contributed by atoms with Gasteiger partial charge in [-0.3, -0.25) is 0 Å². The van der Waals surface area contributed by atoms with E-state index in [1.165, 1.54) is 35.9 Å². The van der Waals surface area contributed by atoms with E-state index in [0.29, 0.717) is 29.3 Å². The number of nitrogens with zero attached hydrogens (tertiary/aromatic N) is 2. The molecule has 0 aliphatic rings. The lowest BCUT2D eigenvalue weighted by atomic mass is 10.3. The Labute approximate surface area is 184 Å². The molecular weight excluding hydrogens is 445 g/mol. The van der Waals surface area contributed by atoms with Gasteiger partial charge in [-0.05, 0) is 36.9 Å². The molecule has 32 heavy (non-hydrogen) atoms. The van der Waals surface area contributed by atoms with E-state index in [-0.39, 0.29) is 5.75 Å². The topological polar surface area (TPSA) is 89.3 Å². The number of esters is 1. The van der Waals surface area contributed by atoms with Crippen LogP contribution in [0, 0.1) is 0 Å². The molecule has 3 heterocycles. The Morgan fingerprint density at radius 3 is 2.81 bits per heavy atom. The molecule has 4 aromatic rings.